The predicted molar refractivity (Wildman–Crippen MR) is 489 cm³/mol. The van der Waals surface area contributed by atoms with Gasteiger partial charge in [-0.15, -0.1) is 0 Å². The first-order valence-electron chi connectivity index (χ1n) is 40.2. The van der Waals surface area contributed by atoms with E-state index in [4.69, 9.17) is 0 Å². The van der Waals surface area contributed by atoms with Crippen LogP contribution in [0.2, 0.25) is 0 Å². The van der Waals surface area contributed by atoms with Crippen molar-refractivity contribution >= 4 is 200 Å². The van der Waals surface area contributed by atoms with Crippen LogP contribution in [0.15, 0.2) is 352 Å². The highest BCUT2D eigenvalue weighted by atomic mass is 15.3. The Balaban J connectivity index is 0.860. The Labute approximate surface area is 671 Å². The molecule has 0 bridgehead atoms. The summed E-state index contributed by atoms with van der Waals surface area (Å²) in [6.07, 6.45) is 0. The van der Waals surface area contributed by atoms with Crippen LogP contribution < -0.4 is 93.7 Å². The third kappa shape index (κ3) is 10.8. The molecule has 0 aliphatic carbocycles. The fourth-order valence-electron chi connectivity index (χ4n) is 19.8. The van der Waals surface area contributed by atoms with Crippen molar-refractivity contribution in [2.75, 3.05) is 44.5 Å². The molecular weight excluding hydrogens is 1380 g/mol. The lowest BCUT2D eigenvalue weighted by molar-refractivity contribution is 0.557. The van der Waals surface area contributed by atoms with E-state index in [-0.39, 0.29) is 20.1 Å². The second-order valence-electron chi connectivity index (χ2n) is 34.1. The van der Waals surface area contributed by atoms with Gasteiger partial charge in [0.1, 0.15) is 0 Å². The molecule has 15 aromatic rings. The normalized spacial score (nSPS) is 13.8. The van der Waals surface area contributed by atoms with Crippen LogP contribution in [0.5, 0.6) is 0 Å². The molecule has 0 amide bonds. The molecule has 0 radical (unpaired) electrons. The molecule has 1 N–H and O–H groups in total. The third-order valence-corrected chi connectivity index (χ3v) is 23.9. The molecule has 9 nitrogen and oxygen atoms in total. The van der Waals surface area contributed by atoms with E-state index in [0.717, 1.165) is 85.3 Å². The first-order valence-corrected chi connectivity index (χ1v) is 40.2. The lowest BCUT2D eigenvalue weighted by Gasteiger charge is -2.52. The first-order chi connectivity index (χ1) is 55.5. The molecule has 0 spiro atoms. The Kier molecular flexibility index (Phi) is 15.8. The first kappa shape index (κ1) is 68.7. The molecule has 6 aliphatic heterocycles. The van der Waals surface area contributed by atoms with Gasteiger partial charge in [0.2, 0.25) is 0 Å². The molecule has 15 aromatic carbocycles. The number of nitrogens with one attached hydrogen (secondary N) is 1. The molecule has 114 heavy (non-hydrogen) atoms. The summed E-state index contributed by atoms with van der Waals surface area (Å²) in [6, 6.07) is 132. The summed E-state index contributed by atoms with van der Waals surface area (Å²) >= 11 is 0. The standard InChI is InChI=1S/C102H86B3N9/c1-100(2,3)112-89-66-85-81(64-82(89)103-79-54-34-36-56-87(79)110(74-50-30-16-31-51-74)92-59-77(62-95(112)98(92)103)108(70-42-22-12-23-43-70)71-44-24-13-25-45-71)105-84-65-83-90(67-91(84)113(101(4,5)6)94-61-76(58-86(106-85)97(94)105)107(68-38-18-10-19-39-68)69-40-20-11-21-41-69)114(102(7,8)9)96-63-78(109(72-46-26-14-27-47-72)73-48-28-15-29-49-73)60-93-99(96)104(83)80-55-35-37-57-88(80)111(93)75-52-32-17-33-53-75/h10-67,106H,1-9H3. The van der Waals surface area contributed by atoms with E-state index in [9.17, 15) is 0 Å². The summed E-state index contributed by atoms with van der Waals surface area (Å²) < 4.78 is 0. The largest absolute Gasteiger partial charge is 0.356 e. The molecule has 0 fully saturated rings. The minimum absolute atomic E-state index is 0.168. The molecular formula is C102H86B3N9. The maximum atomic E-state index is 4.40. The number of nitrogens with zero attached hydrogens (tertiary/aromatic N) is 8. The monoisotopic (exact) mass is 1470 g/mol. The van der Waals surface area contributed by atoms with Crippen LogP contribution in [0, 0.1) is 0 Å². The van der Waals surface area contributed by atoms with E-state index in [0.29, 0.717) is 0 Å². The van der Waals surface area contributed by atoms with Gasteiger partial charge in [-0.2, -0.15) is 0 Å². The van der Waals surface area contributed by atoms with Crippen molar-refractivity contribution in [2.45, 2.75) is 78.9 Å². The van der Waals surface area contributed by atoms with Gasteiger partial charge in [0, 0.05) is 130 Å². The number of hydrogen-bond acceptors (Lipinski definition) is 9. The van der Waals surface area contributed by atoms with Crippen LogP contribution >= 0.6 is 0 Å². The fourth-order valence-corrected chi connectivity index (χ4v) is 19.8. The second kappa shape index (κ2) is 26.2. The molecule has 0 saturated heterocycles. The molecule has 6 aliphatic rings. The Hall–Kier alpha value is -13.3. The van der Waals surface area contributed by atoms with Crippen LogP contribution in [0.3, 0.4) is 0 Å². The van der Waals surface area contributed by atoms with Gasteiger partial charge in [-0.25, -0.2) is 0 Å². The summed E-state index contributed by atoms with van der Waals surface area (Å²) in [5, 5.41) is 4.40. The van der Waals surface area contributed by atoms with Crippen LogP contribution in [-0.4, -0.2) is 36.8 Å². The van der Waals surface area contributed by atoms with Crippen LogP contribution in [0.4, 0.5) is 131 Å². The van der Waals surface area contributed by atoms with Crippen molar-refractivity contribution in [2.24, 2.45) is 0 Å². The lowest BCUT2D eigenvalue weighted by Crippen LogP contribution is -2.68. The number of hydrogen-bond donors (Lipinski definition) is 1. The Morgan fingerprint density at radius 1 is 0.211 bits per heavy atom. The van der Waals surface area contributed by atoms with Gasteiger partial charge in [-0.05, 0) is 269 Å². The fraction of sp³-hybridized carbons (Fsp3) is 0.118. The van der Waals surface area contributed by atoms with E-state index >= 15 is 0 Å². The number of rotatable bonds is 11. The Morgan fingerprint density at radius 2 is 0.482 bits per heavy atom. The highest BCUT2D eigenvalue weighted by Crippen LogP contribution is 2.54. The Bertz CT molecular complexity index is 6160. The minimum atomic E-state index is -0.459. The van der Waals surface area contributed by atoms with Crippen molar-refractivity contribution < 1.29 is 0 Å². The number of benzene rings is 15. The van der Waals surface area contributed by atoms with E-state index in [1.54, 1.807) is 0 Å². The molecule has 21 rings (SSSR count). The van der Waals surface area contributed by atoms with Crippen LogP contribution in [0.25, 0.3) is 0 Å². The van der Waals surface area contributed by atoms with E-state index in [2.05, 4.69) is 459 Å². The average Bonchev–Trinajstić information content (AvgIpc) is 0.683. The summed E-state index contributed by atoms with van der Waals surface area (Å²) in [6.45, 7) is 21.1. The van der Waals surface area contributed by atoms with E-state index in [1.165, 1.54) is 94.7 Å². The molecule has 0 aromatic heterocycles. The summed E-state index contributed by atoms with van der Waals surface area (Å²) in [7, 11) is 0. The van der Waals surface area contributed by atoms with Gasteiger partial charge in [-0.1, -0.05) is 194 Å². The number of anilines is 23. The smallest absolute Gasteiger partial charge is 0.252 e. The molecule has 12 heteroatoms. The highest BCUT2D eigenvalue weighted by Gasteiger charge is 2.52. The van der Waals surface area contributed by atoms with Crippen molar-refractivity contribution in [1.29, 1.82) is 0 Å². The highest BCUT2D eigenvalue weighted by molar-refractivity contribution is 7.04. The van der Waals surface area contributed by atoms with Gasteiger partial charge in [0.15, 0.2) is 0 Å². The lowest BCUT2D eigenvalue weighted by atomic mass is 9.29. The summed E-state index contributed by atoms with van der Waals surface area (Å²) in [4.78, 5) is 20.5. The van der Waals surface area contributed by atoms with Gasteiger partial charge >= 0.3 is 0 Å². The summed E-state index contributed by atoms with van der Waals surface area (Å²) in [5.41, 5.74) is 36.0. The zero-order valence-corrected chi connectivity index (χ0v) is 65.8. The maximum absolute atomic E-state index is 4.40. The topological polar surface area (TPSA) is 38.0 Å². The Morgan fingerprint density at radius 3 is 0.825 bits per heavy atom. The SMILES string of the molecule is CC(C)(C)N1c2cc3c(cc2B2c4cc5c(cc4Nc4cc(N(c6ccccc6)c6ccccc6)cc1c42)N(C(C)(C)C)c1cc(N(c2ccccc2)c2ccccc2)cc2c1B5c1ccccc1N2c1ccccc1)B1c2ccccc2N(c2ccccc2)c2cc(N(c4ccccc4)c4ccccc4)cc(c21)N3C(C)(C)C. The summed E-state index contributed by atoms with van der Waals surface area (Å²) in [5.74, 6) is 0. The van der Waals surface area contributed by atoms with Crippen molar-refractivity contribution in [3.05, 3.63) is 352 Å². The van der Waals surface area contributed by atoms with E-state index in [1.807, 2.05) is 0 Å². The quantitative estimate of drug-likeness (QED) is 0.128. The molecule has 0 saturated carbocycles. The van der Waals surface area contributed by atoms with Crippen molar-refractivity contribution in [3.8, 4) is 0 Å². The second-order valence-corrected chi connectivity index (χ2v) is 34.1. The van der Waals surface area contributed by atoms with Gasteiger partial charge in [0.05, 0.1) is 17.1 Å². The molecule has 0 unspecified atom stereocenters. The van der Waals surface area contributed by atoms with Gasteiger partial charge in [-0.3, -0.25) is 0 Å². The van der Waals surface area contributed by atoms with Gasteiger partial charge < -0.3 is 44.5 Å². The molecule has 0 atom stereocenters. The van der Waals surface area contributed by atoms with Crippen LogP contribution in [0.1, 0.15) is 62.3 Å². The number of fused-ring (bicyclic) bond motifs is 12. The van der Waals surface area contributed by atoms with E-state index < -0.39 is 16.6 Å². The zero-order chi connectivity index (χ0) is 77.0. The van der Waals surface area contributed by atoms with Crippen molar-refractivity contribution in [3.63, 3.8) is 0 Å². The van der Waals surface area contributed by atoms with Crippen molar-refractivity contribution in [1.82, 2.24) is 0 Å². The maximum Gasteiger partial charge on any atom is 0.252 e. The molecule has 548 valence electrons. The molecule has 6 heterocycles. The number of para-hydroxylation sites is 10. The zero-order valence-electron chi connectivity index (χ0n) is 65.8. The third-order valence-electron chi connectivity index (χ3n) is 23.9. The predicted octanol–water partition coefficient (Wildman–Crippen LogP) is 21.0. The minimum Gasteiger partial charge on any atom is -0.356 e. The van der Waals surface area contributed by atoms with Crippen LogP contribution in [-0.2, 0) is 0 Å². The average molecular weight is 1470 g/mol. The van der Waals surface area contributed by atoms with Gasteiger partial charge in [0.25, 0.3) is 20.1 Å².